The summed E-state index contributed by atoms with van der Waals surface area (Å²) < 4.78 is 5.26. The molecule has 2 bridgehead atoms. The summed E-state index contributed by atoms with van der Waals surface area (Å²) in [7, 11) is 0. The fourth-order valence-electron chi connectivity index (χ4n) is 7.33. The Bertz CT molecular complexity index is 1770. The van der Waals surface area contributed by atoms with Crippen LogP contribution in [0.4, 0.5) is 5.69 Å². The topological polar surface area (TPSA) is 92.8 Å². The third-order valence-corrected chi connectivity index (χ3v) is 10.5. The van der Waals surface area contributed by atoms with Crippen molar-refractivity contribution in [1.29, 1.82) is 0 Å². The van der Waals surface area contributed by atoms with Crippen LogP contribution in [-0.2, 0) is 35.3 Å². The maximum Gasteiger partial charge on any atom is 0.338 e. The van der Waals surface area contributed by atoms with Gasteiger partial charge in [-0.15, -0.1) is 23.2 Å². The molecule has 1 heterocycles. The Labute approximate surface area is 276 Å². The number of imide groups is 1. The van der Waals surface area contributed by atoms with Gasteiger partial charge in [0, 0.05) is 12.1 Å². The lowest BCUT2D eigenvalue weighted by atomic mass is 9.54. The molecule has 0 spiro atoms. The van der Waals surface area contributed by atoms with E-state index in [0.29, 0.717) is 33.5 Å². The van der Waals surface area contributed by atoms with E-state index < -0.39 is 51.3 Å². The molecule has 1 aliphatic heterocycles. The first-order valence-corrected chi connectivity index (χ1v) is 15.9. The van der Waals surface area contributed by atoms with Gasteiger partial charge in [-0.05, 0) is 65.9 Å². The first-order chi connectivity index (χ1) is 22.1. The van der Waals surface area contributed by atoms with E-state index >= 15 is 0 Å². The second kappa shape index (κ2) is 11.1. The fraction of sp³-hybridized carbons (Fsp3) is 0.243. The molecule has 0 unspecified atom stereocenters. The summed E-state index contributed by atoms with van der Waals surface area (Å²) in [6.07, 6.45) is -0.202. The summed E-state index contributed by atoms with van der Waals surface area (Å²) in [6, 6.07) is 29.1. The number of halogens is 2. The van der Waals surface area contributed by atoms with E-state index in [1.54, 1.807) is 38.1 Å². The van der Waals surface area contributed by atoms with E-state index in [-0.39, 0.29) is 12.5 Å². The highest BCUT2D eigenvalue weighted by molar-refractivity contribution is 6.36. The van der Waals surface area contributed by atoms with Gasteiger partial charge in [0.2, 0.25) is 17.7 Å². The molecular weight excluding hydrogens is 623 g/mol. The first-order valence-electron chi connectivity index (χ1n) is 15.2. The maximum absolute atomic E-state index is 14.6. The molecule has 0 radical (unpaired) electrons. The lowest BCUT2D eigenvalue weighted by Crippen LogP contribution is -2.57. The molecule has 7 nitrogen and oxygen atoms in total. The predicted molar refractivity (Wildman–Crippen MR) is 175 cm³/mol. The van der Waals surface area contributed by atoms with Gasteiger partial charge in [-0.2, -0.15) is 0 Å². The Morgan fingerprint density at radius 1 is 0.739 bits per heavy atom. The molecular formula is C37H30Cl2N2O5. The van der Waals surface area contributed by atoms with Crippen molar-refractivity contribution in [2.24, 2.45) is 11.8 Å². The zero-order chi connectivity index (χ0) is 32.4. The third kappa shape index (κ3) is 4.40. The van der Waals surface area contributed by atoms with E-state index in [0.717, 1.165) is 10.5 Å². The number of carbonyl (C=O) groups is 4. The Hall–Kier alpha value is -4.46. The molecule has 232 valence electrons. The van der Waals surface area contributed by atoms with Crippen molar-refractivity contribution in [2.45, 2.75) is 42.2 Å². The number of rotatable bonds is 7. The summed E-state index contributed by atoms with van der Waals surface area (Å²) in [5, 5.41) is 2.86. The lowest BCUT2D eigenvalue weighted by Gasteiger charge is -2.54. The average molecular weight is 654 g/mol. The Balaban J connectivity index is 1.28. The summed E-state index contributed by atoms with van der Waals surface area (Å²) in [4.78, 5) is 54.1. The monoisotopic (exact) mass is 652 g/mol. The highest BCUT2D eigenvalue weighted by Gasteiger charge is 2.73. The van der Waals surface area contributed by atoms with Crippen molar-refractivity contribution in [3.8, 4) is 0 Å². The summed E-state index contributed by atoms with van der Waals surface area (Å²) in [5.41, 5.74) is 4.24. The van der Waals surface area contributed by atoms with Gasteiger partial charge in [-0.3, -0.25) is 19.3 Å². The van der Waals surface area contributed by atoms with E-state index in [2.05, 4.69) is 5.32 Å². The van der Waals surface area contributed by atoms with Gasteiger partial charge in [0.15, 0.2) is 0 Å². The number of esters is 1. The van der Waals surface area contributed by atoms with Crippen LogP contribution in [0.15, 0.2) is 103 Å². The molecule has 3 amide bonds. The van der Waals surface area contributed by atoms with Crippen molar-refractivity contribution >= 4 is 52.6 Å². The Morgan fingerprint density at radius 3 is 1.65 bits per heavy atom. The van der Waals surface area contributed by atoms with Crippen molar-refractivity contribution in [1.82, 2.24) is 4.90 Å². The predicted octanol–water partition coefficient (Wildman–Crippen LogP) is 6.39. The molecule has 46 heavy (non-hydrogen) atoms. The zero-order valence-corrected chi connectivity index (χ0v) is 26.6. The van der Waals surface area contributed by atoms with E-state index in [1.807, 2.05) is 78.9 Å². The van der Waals surface area contributed by atoms with Crippen molar-refractivity contribution < 1.29 is 23.9 Å². The number of likely N-dealkylation sites (tertiary alicyclic amines) is 1. The average Bonchev–Trinajstić information content (AvgIpc) is 3.33. The quantitative estimate of drug-likeness (QED) is 0.142. The van der Waals surface area contributed by atoms with Crippen molar-refractivity contribution in [3.63, 3.8) is 0 Å². The molecule has 3 aliphatic carbocycles. The minimum absolute atomic E-state index is 0.0762. The van der Waals surface area contributed by atoms with Crippen LogP contribution in [0.5, 0.6) is 0 Å². The van der Waals surface area contributed by atoms with Crippen LogP contribution in [0.2, 0.25) is 0 Å². The molecule has 9 heteroatoms. The SMILES string of the molecule is CC(C)OC(=O)c1ccc(NC(=O)[C@H](Cc2ccccc2)N2C(=O)[C@@H]3[C@H](C2=O)C2(Cl)c4ccccc4C3(Cl)c3ccccc32)cc1. The normalized spacial score (nSPS) is 24.7. The highest BCUT2D eigenvalue weighted by atomic mass is 35.5. The standard InChI is InChI=1S/C37H30Cl2N2O5/c1-21(2)46-35(45)23-16-18-24(19-17-23)40-32(42)29(20-22-10-4-3-5-11-22)41-33(43)30-31(34(41)44)37(39)26-13-7-6-12-25(26)36(30,38)27-14-8-9-15-28(27)37/h3-19,21,29-31H,20H2,1-2H3,(H,40,42)/t29-,30-,31+,36?,37?/m0/s1. The van der Waals surface area contributed by atoms with E-state index in [1.165, 1.54) is 0 Å². The number of amides is 3. The van der Waals surface area contributed by atoms with E-state index in [4.69, 9.17) is 27.9 Å². The largest absolute Gasteiger partial charge is 0.459 e. The number of nitrogens with zero attached hydrogens (tertiary/aromatic N) is 1. The molecule has 1 N–H and O–H groups in total. The van der Waals surface area contributed by atoms with Crippen LogP contribution >= 0.6 is 23.2 Å². The number of ether oxygens (including phenoxy) is 1. The molecule has 8 rings (SSSR count). The van der Waals surface area contributed by atoms with Crippen LogP contribution in [0.1, 0.15) is 52.0 Å². The number of hydrogen-bond acceptors (Lipinski definition) is 5. The molecule has 4 aromatic rings. The number of benzene rings is 4. The van der Waals surface area contributed by atoms with E-state index in [9.17, 15) is 19.2 Å². The van der Waals surface area contributed by atoms with Crippen LogP contribution in [0.3, 0.4) is 0 Å². The number of nitrogens with one attached hydrogen (secondary N) is 1. The third-order valence-electron chi connectivity index (χ3n) is 9.24. The van der Waals surface area contributed by atoms with Crippen molar-refractivity contribution in [3.05, 3.63) is 137 Å². The number of alkyl halides is 2. The maximum atomic E-state index is 14.6. The van der Waals surface area contributed by atoms with Crippen molar-refractivity contribution in [2.75, 3.05) is 5.32 Å². The van der Waals surface area contributed by atoms with Gasteiger partial charge >= 0.3 is 5.97 Å². The van der Waals surface area contributed by atoms with Gasteiger partial charge < -0.3 is 10.1 Å². The van der Waals surface area contributed by atoms with Crippen LogP contribution in [0, 0.1) is 11.8 Å². The lowest BCUT2D eigenvalue weighted by molar-refractivity contribution is -0.146. The summed E-state index contributed by atoms with van der Waals surface area (Å²) >= 11 is 15.2. The molecule has 0 aromatic heterocycles. The minimum Gasteiger partial charge on any atom is -0.459 e. The Morgan fingerprint density at radius 2 is 1.20 bits per heavy atom. The van der Waals surface area contributed by atoms with Gasteiger partial charge in [0.25, 0.3) is 0 Å². The second-order valence-electron chi connectivity index (χ2n) is 12.2. The summed E-state index contributed by atoms with van der Waals surface area (Å²) in [6.45, 7) is 3.52. The zero-order valence-electron chi connectivity index (χ0n) is 25.1. The molecule has 4 aliphatic rings. The number of anilines is 1. The molecule has 0 saturated carbocycles. The molecule has 1 fully saturated rings. The van der Waals surface area contributed by atoms with Crippen LogP contribution < -0.4 is 5.32 Å². The fourth-order valence-corrected chi connectivity index (χ4v) is 8.43. The minimum atomic E-state index is -1.36. The van der Waals surface area contributed by atoms with Crippen LogP contribution in [-0.4, -0.2) is 40.7 Å². The highest BCUT2D eigenvalue weighted by Crippen LogP contribution is 2.69. The van der Waals surface area contributed by atoms with Gasteiger partial charge in [0.05, 0.1) is 23.5 Å². The molecule has 4 aromatic carbocycles. The first kappa shape index (κ1) is 30.2. The molecule has 3 atom stereocenters. The van der Waals surface area contributed by atoms with Gasteiger partial charge in [-0.25, -0.2) is 4.79 Å². The second-order valence-corrected chi connectivity index (χ2v) is 13.4. The Kier molecular flexibility index (Phi) is 7.29. The number of hydrogen-bond donors (Lipinski definition) is 1. The van der Waals surface area contributed by atoms with Gasteiger partial charge in [-0.1, -0.05) is 78.9 Å². The van der Waals surface area contributed by atoms with Gasteiger partial charge in [0.1, 0.15) is 15.8 Å². The summed E-state index contributed by atoms with van der Waals surface area (Å²) in [5.74, 6) is -4.17. The van der Waals surface area contributed by atoms with Crippen LogP contribution in [0.25, 0.3) is 0 Å². The smallest absolute Gasteiger partial charge is 0.338 e. The molecule has 1 saturated heterocycles. The number of carbonyl (C=O) groups excluding carboxylic acids is 4.